The highest BCUT2D eigenvalue weighted by Crippen LogP contribution is 2.37. The Labute approximate surface area is 173 Å². The van der Waals surface area contributed by atoms with E-state index in [4.69, 9.17) is 0 Å². The van der Waals surface area contributed by atoms with E-state index in [2.05, 4.69) is 53.6 Å². The summed E-state index contributed by atoms with van der Waals surface area (Å²) < 4.78 is 13.3. The zero-order valence-corrected chi connectivity index (χ0v) is 16.9. The van der Waals surface area contributed by atoms with Gasteiger partial charge in [0, 0.05) is 33.7 Å². The number of thioether (sulfide) groups is 1. The molecule has 2 N–H and O–H groups in total. The van der Waals surface area contributed by atoms with Crippen molar-refractivity contribution in [3.8, 4) is 11.3 Å². The number of carbonyl (C=O) groups is 1. The Bertz CT molecular complexity index is 1150. The summed E-state index contributed by atoms with van der Waals surface area (Å²) in [6.45, 7) is 2.57. The Hall–Kier alpha value is -3.05. The van der Waals surface area contributed by atoms with Gasteiger partial charge in [-0.1, -0.05) is 54.1 Å². The largest absolute Gasteiger partial charge is 0.354 e. The number of hydrogen-bond donors (Lipinski definition) is 2. The molecule has 0 unspecified atom stereocenters. The number of aromatic amines is 1. The van der Waals surface area contributed by atoms with E-state index in [1.165, 1.54) is 28.0 Å². The van der Waals surface area contributed by atoms with E-state index in [1.807, 2.05) is 12.1 Å². The monoisotopic (exact) mass is 404 g/mol. The number of halogens is 1. The minimum atomic E-state index is -0.409. The van der Waals surface area contributed by atoms with Gasteiger partial charge in [-0.3, -0.25) is 4.79 Å². The van der Waals surface area contributed by atoms with Crippen LogP contribution < -0.4 is 5.32 Å². The fraction of sp³-hybridized carbons (Fsp3) is 0.125. The first-order valence-corrected chi connectivity index (χ1v) is 10.4. The molecule has 0 aliphatic heterocycles. The number of fused-ring (bicyclic) bond motifs is 1. The van der Waals surface area contributed by atoms with Gasteiger partial charge in [0.2, 0.25) is 0 Å². The third kappa shape index (κ3) is 4.35. The number of amides is 1. The lowest BCUT2D eigenvalue weighted by Crippen LogP contribution is -2.25. The molecule has 4 aromatic rings. The molecule has 146 valence electrons. The van der Waals surface area contributed by atoms with Crippen molar-refractivity contribution in [2.24, 2.45) is 0 Å². The van der Waals surface area contributed by atoms with Crippen molar-refractivity contribution < 1.29 is 9.18 Å². The van der Waals surface area contributed by atoms with Crippen LogP contribution in [0.4, 0.5) is 4.39 Å². The van der Waals surface area contributed by atoms with Crippen LogP contribution in [0.3, 0.4) is 0 Å². The fourth-order valence-electron chi connectivity index (χ4n) is 3.24. The van der Waals surface area contributed by atoms with E-state index in [0.717, 1.165) is 16.8 Å². The van der Waals surface area contributed by atoms with Crippen molar-refractivity contribution in [1.82, 2.24) is 10.3 Å². The van der Waals surface area contributed by atoms with Crippen LogP contribution in [0.1, 0.15) is 15.9 Å². The van der Waals surface area contributed by atoms with E-state index in [1.54, 1.807) is 23.9 Å². The van der Waals surface area contributed by atoms with Gasteiger partial charge < -0.3 is 10.3 Å². The van der Waals surface area contributed by atoms with E-state index < -0.39 is 5.82 Å². The lowest BCUT2D eigenvalue weighted by atomic mass is 10.1. The smallest absolute Gasteiger partial charge is 0.251 e. The molecular formula is C24H21FN2OS. The average Bonchev–Trinajstić information content (AvgIpc) is 3.10. The quantitative estimate of drug-likeness (QED) is 0.315. The molecule has 1 amide bonds. The molecule has 4 rings (SSSR count). The van der Waals surface area contributed by atoms with Gasteiger partial charge in [0.15, 0.2) is 0 Å². The van der Waals surface area contributed by atoms with E-state index >= 15 is 0 Å². The van der Waals surface area contributed by atoms with Crippen LogP contribution in [0.5, 0.6) is 0 Å². The van der Waals surface area contributed by atoms with Gasteiger partial charge in [-0.15, -0.1) is 11.8 Å². The number of H-pyrrole nitrogens is 1. The summed E-state index contributed by atoms with van der Waals surface area (Å²) in [5, 5.41) is 4.04. The molecule has 0 spiro atoms. The number of aryl methyl sites for hydroxylation is 1. The zero-order chi connectivity index (χ0) is 20.2. The van der Waals surface area contributed by atoms with Gasteiger partial charge >= 0.3 is 0 Å². The maximum Gasteiger partial charge on any atom is 0.251 e. The summed E-state index contributed by atoms with van der Waals surface area (Å²) in [4.78, 5) is 16.9. The molecule has 0 radical (unpaired) electrons. The topological polar surface area (TPSA) is 44.9 Å². The first-order valence-electron chi connectivity index (χ1n) is 9.46. The fourth-order valence-corrected chi connectivity index (χ4v) is 4.29. The van der Waals surface area contributed by atoms with Crippen LogP contribution in [0, 0.1) is 12.7 Å². The average molecular weight is 405 g/mol. The van der Waals surface area contributed by atoms with Gasteiger partial charge in [0.05, 0.1) is 5.69 Å². The standard InChI is InChI=1S/C24H21FN2OS/c1-16-9-11-17(12-10-16)22-23(20-7-2-3-8-21(20)27-22)29-14-13-26-24(28)18-5-4-6-19(25)15-18/h2-12,15,27H,13-14H2,1H3,(H,26,28). The number of aromatic nitrogens is 1. The third-order valence-electron chi connectivity index (χ3n) is 4.72. The van der Waals surface area contributed by atoms with Crippen LogP contribution in [-0.4, -0.2) is 23.2 Å². The summed E-state index contributed by atoms with van der Waals surface area (Å²) >= 11 is 1.70. The van der Waals surface area contributed by atoms with Crippen LogP contribution in [0.2, 0.25) is 0 Å². The van der Waals surface area contributed by atoms with Gasteiger partial charge in [-0.05, 0) is 36.8 Å². The lowest BCUT2D eigenvalue weighted by molar-refractivity contribution is 0.0955. The van der Waals surface area contributed by atoms with Gasteiger partial charge in [-0.2, -0.15) is 0 Å². The Morgan fingerprint density at radius 1 is 1.03 bits per heavy atom. The molecule has 0 saturated heterocycles. The Balaban J connectivity index is 1.49. The van der Waals surface area contributed by atoms with Gasteiger partial charge in [0.25, 0.3) is 5.91 Å². The molecule has 0 atom stereocenters. The van der Waals surface area contributed by atoms with E-state index in [-0.39, 0.29) is 5.91 Å². The minimum Gasteiger partial charge on any atom is -0.354 e. The van der Waals surface area contributed by atoms with E-state index in [9.17, 15) is 9.18 Å². The number of nitrogens with one attached hydrogen (secondary N) is 2. The molecule has 3 nitrogen and oxygen atoms in total. The predicted octanol–water partition coefficient (Wildman–Crippen LogP) is 5.80. The first-order chi connectivity index (χ1) is 14.1. The molecular weight excluding hydrogens is 383 g/mol. The van der Waals surface area contributed by atoms with Crippen molar-refractivity contribution >= 4 is 28.6 Å². The second-order valence-electron chi connectivity index (χ2n) is 6.86. The summed E-state index contributed by atoms with van der Waals surface area (Å²) in [5.41, 5.74) is 4.88. The van der Waals surface area contributed by atoms with Crippen molar-refractivity contribution in [1.29, 1.82) is 0 Å². The Kier molecular flexibility index (Phi) is 5.67. The van der Waals surface area contributed by atoms with Crippen molar-refractivity contribution in [3.63, 3.8) is 0 Å². The third-order valence-corrected chi connectivity index (χ3v) is 5.84. The molecule has 0 saturated carbocycles. The van der Waals surface area contributed by atoms with Crippen molar-refractivity contribution in [2.75, 3.05) is 12.3 Å². The molecule has 29 heavy (non-hydrogen) atoms. The number of benzene rings is 3. The van der Waals surface area contributed by atoms with Crippen LogP contribution in [0.15, 0.2) is 77.7 Å². The zero-order valence-electron chi connectivity index (χ0n) is 16.0. The van der Waals surface area contributed by atoms with Crippen LogP contribution in [-0.2, 0) is 0 Å². The number of carbonyl (C=O) groups excluding carboxylic acids is 1. The lowest BCUT2D eigenvalue weighted by Gasteiger charge is -2.08. The summed E-state index contributed by atoms with van der Waals surface area (Å²) in [6.07, 6.45) is 0. The number of para-hydroxylation sites is 1. The van der Waals surface area contributed by atoms with E-state index in [0.29, 0.717) is 17.9 Å². The first kappa shape index (κ1) is 19.3. The van der Waals surface area contributed by atoms with Gasteiger partial charge in [-0.25, -0.2) is 4.39 Å². The molecule has 0 bridgehead atoms. The molecule has 1 heterocycles. The highest BCUT2D eigenvalue weighted by Gasteiger charge is 2.14. The molecule has 0 fully saturated rings. The maximum atomic E-state index is 13.3. The van der Waals surface area contributed by atoms with Crippen molar-refractivity contribution in [2.45, 2.75) is 11.8 Å². The Morgan fingerprint density at radius 2 is 1.83 bits per heavy atom. The maximum absolute atomic E-state index is 13.3. The number of hydrogen-bond acceptors (Lipinski definition) is 2. The summed E-state index contributed by atoms with van der Waals surface area (Å²) in [7, 11) is 0. The second-order valence-corrected chi connectivity index (χ2v) is 7.96. The highest BCUT2D eigenvalue weighted by molar-refractivity contribution is 7.99. The van der Waals surface area contributed by atoms with Gasteiger partial charge in [0.1, 0.15) is 5.82 Å². The predicted molar refractivity (Wildman–Crippen MR) is 118 cm³/mol. The highest BCUT2D eigenvalue weighted by atomic mass is 32.2. The van der Waals surface area contributed by atoms with Crippen LogP contribution >= 0.6 is 11.8 Å². The molecule has 1 aromatic heterocycles. The van der Waals surface area contributed by atoms with Crippen molar-refractivity contribution in [3.05, 3.63) is 89.7 Å². The summed E-state index contributed by atoms with van der Waals surface area (Å²) in [5.74, 6) is 0.0400. The Morgan fingerprint density at radius 3 is 2.62 bits per heavy atom. The minimum absolute atomic E-state index is 0.261. The molecule has 5 heteroatoms. The normalized spacial score (nSPS) is 11.0. The number of rotatable bonds is 6. The SMILES string of the molecule is Cc1ccc(-c2[nH]c3ccccc3c2SCCNC(=O)c2cccc(F)c2)cc1. The molecule has 3 aromatic carbocycles. The molecule has 0 aliphatic carbocycles. The second kappa shape index (κ2) is 8.53. The van der Waals surface area contributed by atoms with Crippen LogP contribution in [0.25, 0.3) is 22.2 Å². The molecule has 0 aliphatic rings. The summed E-state index contributed by atoms with van der Waals surface area (Å²) in [6, 6.07) is 22.4.